The second kappa shape index (κ2) is 7.11. The number of nitrogens with zero attached hydrogens (tertiary/aromatic N) is 1. The molecule has 1 atom stereocenters. The van der Waals surface area contributed by atoms with Crippen molar-refractivity contribution in [1.82, 2.24) is 10.2 Å². The topological polar surface area (TPSA) is 86.7 Å². The molecular formula is C13H22N2O4. The van der Waals surface area contributed by atoms with Gasteiger partial charge in [-0.05, 0) is 18.8 Å². The normalized spacial score (nSPS) is 18.1. The summed E-state index contributed by atoms with van der Waals surface area (Å²) < 4.78 is 0. The van der Waals surface area contributed by atoms with E-state index in [4.69, 9.17) is 5.11 Å². The molecule has 1 heterocycles. The van der Waals surface area contributed by atoms with Crippen molar-refractivity contribution in [2.45, 2.75) is 45.6 Å². The second-order valence-electron chi connectivity index (χ2n) is 5.25. The van der Waals surface area contributed by atoms with Crippen LogP contribution in [0.2, 0.25) is 0 Å². The van der Waals surface area contributed by atoms with Crippen molar-refractivity contribution in [3.8, 4) is 0 Å². The summed E-state index contributed by atoms with van der Waals surface area (Å²) in [5.74, 6) is -1.67. The molecule has 0 aromatic carbocycles. The SMILES string of the molecule is CC(C)[C@@H](NC(=O)CN1CCCCCC1=O)C(=O)O. The van der Waals surface area contributed by atoms with E-state index in [2.05, 4.69) is 5.32 Å². The fraction of sp³-hybridized carbons (Fsp3) is 0.769. The minimum Gasteiger partial charge on any atom is -0.480 e. The van der Waals surface area contributed by atoms with E-state index in [0.29, 0.717) is 13.0 Å². The van der Waals surface area contributed by atoms with Crippen molar-refractivity contribution in [3.05, 3.63) is 0 Å². The minimum absolute atomic E-state index is 0.0240. The summed E-state index contributed by atoms with van der Waals surface area (Å²) in [6, 6.07) is -0.908. The van der Waals surface area contributed by atoms with Crippen molar-refractivity contribution in [1.29, 1.82) is 0 Å². The highest BCUT2D eigenvalue weighted by atomic mass is 16.4. The molecule has 1 saturated heterocycles. The van der Waals surface area contributed by atoms with E-state index in [9.17, 15) is 14.4 Å². The van der Waals surface area contributed by atoms with Gasteiger partial charge in [-0.2, -0.15) is 0 Å². The van der Waals surface area contributed by atoms with Crippen LogP contribution in [-0.2, 0) is 14.4 Å². The van der Waals surface area contributed by atoms with Crippen molar-refractivity contribution in [3.63, 3.8) is 0 Å². The monoisotopic (exact) mass is 270 g/mol. The van der Waals surface area contributed by atoms with Gasteiger partial charge in [0.2, 0.25) is 11.8 Å². The van der Waals surface area contributed by atoms with Crippen LogP contribution < -0.4 is 5.32 Å². The molecule has 0 bridgehead atoms. The molecule has 0 aliphatic carbocycles. The summed E-state index contributed by atoms with van der Waals surface area (Å²) >= 11 is 0. The maximum absolute atomic E-state index is 11.8. The van der Waals surface area contributed by atoms with Crippen molar-refractivity contribution >= 4 is 17.8 Å². The first-order valence-electron chi connectivity index (χ1n) is 6.71. The highest BCUT2D eigenvalue weighted by Crippen LogP contribution is 2.11. The molecule has 1 fully saturated rings. The van der Waals surface area contributed by atoms with Crippen molar-refractivity contribution in [2.24, 2.45) is 5.92 Å². The lowest BCUT2D eigenvalue weighted by atomic mass is 10.0. The predicted octanol–water partition coefficient (Wildman–Crippen LogP) is 0.614. The molecule has 6 heteroatoms. The molecule has 0 spiro atoms. The number of carboxylic acids is 1. The zero-order valence-corrected chi connectivity index (χ0v) is 11.5. The Balaban J connectivity index is 2.53. The third-order valence-electron chi connectivity index (χ3n) is 3.26. The molecule has 108 valence electrons. The number of rotatable bonds is 5. The van der Waals surface area contributed by atoms with Crippen molar-refractivity contribution < 1.29 is 19.5 Å². The van der Waals surface area contributed by atoms with Gasteiger partial charge < -0.3 is 15.3 Å². The van der Waals surface area contributed by atoms with Crippen LogP contribution >= 0.6 is 0 Å². The molecule has 0 aromatic heterocycles. The van der Waals surface area contributed by atoms with Crippen LogP contribution in [-0.4, -0.2) is 46.9 Å². The van der Waals surface area contributed by atoms with Crippen LogP contribution in [0.5, 0.6) is 0 Å². The summed E-state index contributed by atoms with van der Waals surface area (Å²) in [6.45, 7) is 3.99. The summed E-state index contributed by atoms with van der Waals surface area (Å²) in [5, 5.41) is 11.5. The second-order valence-corrected chi connectivity index (χ2v) is 5.25. The Morgan fingerprint density at radius 2 is 2.00 bits per heavy atom. The summed E-state index contributed by atoms with van der Waals surface area (Å²) in [4.78, 5) is 36.1. The fourth-order valence-corrected chi connectivity index (χ4v) is 2.11. The van der Waals surface area contributed by atoms with Gasteiger partial charge in [-0.15, -0.1) is 0 Å². The summed E-state index contributed by atoms with van der Waals surface area (Å²) in [5.41, 5.74) is 0. The van der Waals surface area contributed by atoms with Crippen LogP contribution in [0.3, 0.4) is 0 Å². The van der Waals surface area contributed by atoms with Gasteiger partial charge in [-0.3, -0.25) is 9.59 Å². The summed E-state index contributed by atoms with van der Waals surface area (Å²) in [7, 11) is 0. The molecular weight excluding hydrogens is 248 g/mol. The van der Waals surface area contributed by atoms with E-state index >= 15 is 0 Å². The minimum atomic E-state index is -1.05. The smallest absolute Gasteiger partial charge is 0.326 e. The van der Waals surface area contributed by atoms with Gasteiger partial charge in [-0.25, -0.2) is 4.79 Å². The van der Waals surface area contributed by atoms with Crippen LogP contribution in [0.1, 0.15) is 39.5 Å². The molecule has 1 rings (SSSR count). The van der Waals surface area contributed by atoms with E-state index in [-0.39, 0.29) is 18.4 Å². The predicted molar refractivity (Wildman–Crippen MR) is 69.5 cm³/mol. The molecule has 2 N–H and O–H groups in total. The van der Waals surface area contributed by atoms with Gasteiger partial charge in [0.1, 0.15) is 6.04 Å². The highest BCUT2D eigenvalue weighted by Gasteiger charge is 2.25. The molecule has 1 aliphatic heterocycles. The first-order valence-corrected chi connectivity index (χ1v) is 6.71. The Bertz CT molecular complexity index is 355. The molecule has 0 unspecified atom stereocenters. The molecule has 0 radical (unpaired) electrons. The van der Waals surface area contributed by atoms with Gasteiger partial charge >= 0.3 is 5.97 Å². The largest absolute Gasteiger partial charge is 0.480 e. The lowest BCUT2D eigenvalue weighted by Crippen LogP contribution is -2.49. The van der Waals surface area contributed by atoms with Gasteiger partial charge in [0, 0.05) is 13.0 Å². The van der Waals surface area contributed by atoms with Gasteiger partial charge in [0.05, 0.1) is 6.54 Å². The Morgan fingerprint density at radius 1 is 1.32 bits per heavy atom. The number of aliphatic carboxylic acids is 1. The number of carbonyl (C=O) groups excluding carboxylic acids is 2. The number of nitrogens with one attached hydrogen (secondary N) is 1. The standard InChI is InChI=1S/C13H22N2O4/c1-9(2)12(13(18)19)14-10(16)8-15-7-5-3-4-6-11(15)17/h9,12H,3-8H2,1-2H3,(H,14,16)(H,18,19)/t12-/m1/s1. The third kappa shape index (κ3) is 4.89. The van der Waals surface area contributed by atoms with E-state index in [1.165, 1.54) is 4.90 Å². The maximum atomic E-state index is 11.8. The van der Waals surface area contributed by atoms with E-state index < -0.39 is 17.9 Å². The number of carboxylic acid groups (broad SMARTS) is 1. The zero-order chi connectivity index (χ0) is 14.4. The maximum Gasteiger partial charge on any atom is 0.326 e. The zero-order valence-electron chi connectivity index (χ0n) is 11.5. The lowest BCUT2D eigenvalue weighted by Gasteiger charge is -2.23. The number of amides is 2. The van der Waals surface area contributed by atoms with E-state index in [1.54, 1.807) is 13.8 Å². The van der Waals surface area contributed by atoms with Crippen LogP contribution in [0.4, 0.5) is 0 Å². The third-order valence-corrected chi connectivity index (χ3v) is 3.26. The molecule has 2 amide bonds. The average molecular weight is 270 g/mol. The molecule has 0 saturated carbocycles. The fourth-order valence-electron chi connectivity index (χ4n) is 2.11. The summed E-state index contributed by atoms with van der Waals surface area (Å²) in [6.07, 6.45) is 3.22. The first kappa shape index (κ1) is 15.5. The molecule has 1 aliphatic rings. The quantitative estimate of drug-likeness (QED) is 0.766. The van der Waals surface area contributed by atoms with Gasteiger partial charge in [0.25, 0.3) is 0 Å². The average Bonchev–Trinajstić information content (AvgIpc) is 2.51. The van der Waals surface area contributed by atoms with E-state index in [1.807, 2.05) is 0 Å². The number of hydrogen-bond donors (Lipinski definition) is 2. The Kier molecular flexibility index (Phi) is 5.79. The van der Waals surface area contributed by atoms with Crippen LogP contribution in [0.15, 0.2) is 0 Å². The number of hydrogen-bond acceptors (Lipinski definition) is 3. The number of carbonyl (C=O) groups is 3. The Labute approximate surface area is 113 Å². The molecule has 6 nitrogen and oxygen atoms in total. The van der Waals surface area contributed by atoms with Gasteiger partial charge in [-0.1, -0.05) is 20.3 Å². The van der Waals surface area contributed by atoms with Crippen molar-refractivity contribution in [2.75, 3.05) is 13.1 Å². The van der Waals surface area contributed by atoms with E-state index in [0.717, 1.165) is 19.3 Å². The molecule has 19 heavy (non-hydrogen) atoms. The number of likely N-dealkylation sites (tertiary alicyclic amines) is 1. The Morgan fingerprint density at radius 3 is 2.58 bits per heavy atom. The lowest BCUT2D eigenvalue weighted by molar-refractivity contribution is -0.143. The first-order chi connectivity index (χ1) is 8.91. The van der Waals surface area contributed by atoms with Crippen LogP contribution in [0, 0.1) is 5.92 Å². The highest BCUT2D eigenvalue weighted by molar-refractivity contribution is 5.88. The molecule has 0 aromatic rings. The van der Waals surface area contributed by atoms with Crippen LogP contribution in [0.25, 0.3) is 0 Å². The Hall–Kier alpha value is -1.59. The van der Waals surface area contributed by atoms with Gasteiger partial charge in [0.15, 0.2) is 0 Å².